The number of nitrogens with one attached hydrogen (secondary N) is 1. The molecule has 6 nitrogen and oxygen atoms in total. The normalized spacial score (nSPS) is 25.5. The molecule has 0 aliphatic heterocycles. The summed E-state index contributed by atoms with van der Waals surface area (Å²) in [6.07, 6.45) is 5.20. The molecule has 4 rings (SSSR count). The molecule has 2 saturated carbocycles. The third-order valence-corrected chi connectivity index (χ3v) is 8.20. The summed E-state index contributed by atoms with van der Waals surface area (Å²) in [7, 11) is -1.23. The van der Waals surface area contributed by atoms with E-state index in [-0.39, 0.29) is 42.2 Å². The minimum atomic E-state index is -3.21. The molecule has 9 heteroatoms. The number of halogens is 2. The largest absolute Gasteiger partial charge is 0.356 e. The molecule has 0 saturated heterocycles. The molecule has 1 N–H and O–H groups in total. The van der Waals surface area contributed by atoms with E-state index in [1.165, 1.54) is 6.33 Å². The van der Waals surface area contributed by atoms with E-state index in [0.717, 1.165) is 29.7 Å². The van der Waals surface area contributed by atoms with Crippen molar-refractivity contribution in [2.24, 2.45) is 11.8 Å². The number of nitrogens with zero attached hydrogens (tertiary/aromatic N) is 3. The van der Waals surface area contributed by atoms with Crippen LogP contribution in [0.25, 0.3) is 11.0 Å². The summed E-state index contributed by atoms with van der Waals surface area (Å²) in [4.78, 5) is 13.8. The standard InChI is InChI=1S/C19H26F2N4O2S/c1-25(18-16-4-7-22-17(16)23-12-24-18)15-8-14(9-15)11-28(26,27)10-13-2-5-19(20,21)6-3-13/h4,7,12-15H,2-3,5-6,8-11H2,1H3,(H,22,23,24)/t14-,15+. The SMILES string of the molecule is CN(c1ncnc2[nH]ccc12)[C@H]1C[C@@H](CS(=O)(=O)CC2CCC(F)(F)CC2)C1. The van der Waals surface area contributed by atoms with Crippen LogP contribution in [0.4, 0.5) is 14.6 Å². The zero-order valence-electron chi connectivity index (χ0n) is 15.9. The summed E-state index contributed by atoms with van der Waals surface area (Å²) in [5.41, 5.74) is 0.786. The van der Waals surface area contributed by atoms with Crippen molar-refractivity contribution in [3.8, 4) is 0 Å². The molecule has 2 aliphatic rings. The Morgan fingerprint density at radius 3 is 2.57 bits per heavy atom. The van der Waals surface area contributed by atoms with Gasteiger partial charge in [-0.05, 0) is 43.6 Å². The van der Waals surface area contributed by atoms with E-state index in [1.807, 2.05) is 19.3 Å². The van der Waals surface area contributed by atoms with Crippen molar-refractivity contribution in [3.63, 3.8) is 0 Å². The van der Waals surface area contributed by atoms with Gasteiger partial charge in [0.1, 0.15) is 17.8 Å². The topological polar surface area (TPSA) is 79.0 Å². The van der Waals surface area contributed by atoms with Crippen molar-refractivity contribution >= 4 is 26.7 Å². The molecule has 0 aromatic carbocycles. The molecule has 2 aliphatic carbocycles. The van der Waals surface area contributed by atoms with Crippen LogP contribution >= 0.6 is 0 Å². The van der Waals surface area contributed by atoms with Gasteiger partial charge in [0.2, 0.25) is 5.92 Å². The highest BCUT2D eigenvalue weighted by atomic mass is 32.2. The first-order chi connectivity index (χ1) is 13.2. The minimum Gasteiger partial charge on any atom is -0.356 e. The lowest BCUT2D eigenvalue weighted by atomic mass is 9.81. The van der Waals surface area contributed by atoms with Crippen molar-refractivity contribution in [3.05, 3.63) is 18.6 Å². The molecule has 0 bridgehead atoms. The van der Waals surface area contributed by atoms with Crippen LogP contribution in [-0.2, 0) is 9.84 Å². The van der Waals surface area contributed by atoms with E-state index in [0.29, 0.717) is 12.8 Å². The van der Waals surface area contributed by atoms with Crippen LogP contribution in [0.5, 0.6) is 0 Å². The summed E-state index contributed by atoms with van der Waals surface area (Å²) in [6, 6.07) is 2.19. The van der Waals surface area contributed by atoms with Crippen molar-refractivity contribution in [2.45, 2.75) is 50.5 Å². The van der Waals surface area contributed by atoms with Gasteiger partial charge in [0, 0.05) is 32.1 Å². The number of aromatic nitrogens is 3. The number of hydrogen-bond donors (Lipinski definition) is 1. The monoisotopic (exact) mass is 412 g/mol. The smallest absolute Gasteiger partial charge is 0.248 e. The molecule has 154 valence electrons. The highest BCUT2D eigenvalue weighted by Gasteiger charge is 2.39. The van der Waals surface area contributed by atoms with Gasteiger partial charge >= 0.3 is 0 Å². The maximum Gasteiger partial charge on any atom is 0.248 e. The fourth-order valence-electron chi connectivity index (χ4n) is 4.52. The van der Waals surface area contributed by atoms with Crippen molar-refractivity contribution < 1.29 is 17.2 Å². The van der Waals surface area contributed by atoms with Gasteiger partial charge in [-0.25, -0.2) is 27.2 Å². The molecule has 0 atom stereocenters. The Labute approximate surface area is 163 Å². The molecular weight excluding hydrogens is 386 g/mol. The van der Waals surface area contributed by atoms with Gasteiger partial charge in [-0.2, -0.15) is 0 Å². The van der Waals surface area contributed by atoms with Crippen molar-refractivity contribution in [1.29, 1.82) is 0 Å². The quantitative estimate of drug-likeness (QED) is 0.787. The third kappa shape index (κ3) is 4.14. The summed E-state index contributed by atoms with van der Waals surface area (Å²) < 4.78 is 51.6. The third-order valence-electron chi connectivity index (χ3n) is 6.24. The van der Waals surface area contributed by atoms with Crippen LogP contribution in [0.2, 0.25) is 0 Å². The number of fused-ring (bicyclic) bond motifs is 1. The predicted octanol–water partition coefficient (Wildman–Crippen LogP) is 3.41. The summed E-state index contributed by atoms with van der Waals surface area (Å²) in [5.74, 6) is -1.54. The molecule has 0 amide bonds. The molecule has 2 heterocycles. The van der Waals surface area contributed by atoms with Crippen LogP contribution in [-0.4, -0.2) is 53.9 Å². The Morgan fingerprint density at radius 2 is 1.86 bits per heavy atom. The predicted molar refractivity (Wildman–Crippen MR) is 104 cm³/mol. The number of hydrogen-bond acceptors (Lipinski definition) is 5. The van der Waals surface area contributed by atoms with Crippen LogP contribution < -0.4 is 4.90 Å². The fraction of sp³-hybridized carbons (Fsp3) is 0.684. The zero-order valence-corrected chi connectivity index (χ0v) is 16.8. The van der Waals surface area contributed by atoms with Crippen molar-refractivity contribution in [2.75, 3.05) is 23.5 Å². The first-order valence-electron chi connectivity index (χ1n) is 9.82. The van der Waals surface area contributed by atoms with Gasteiger partial charge in [0.15, 0.2) is 9.84 Å². The number of anilines is 1. The fourth-order valence-corrected chi connectivity index (χ4v) is 6.70. The highest BCUT2D eigenvalue weighted by Crippen LogP contribution is 2.38. The summed E-state index contributed by atoms with van der Waals surface area (Å²) in [6.45, 7) is 0. The molecule has 2 fully saturated rings. The molecule has 0 radical (unpaired) electrons. The minimum absolute atomic E-state index is 0.0516. The van der Waals surface area contributed by atoms with Gasteiger partial charge in [-0.15, -0.1) is 0 Å². The summed E-state index contributed by atoms with van der Waals surface area (Å²) >= 11 is 0. The zero-order chi connectivity index (χ0) is 19.9. The first kappa shape index (κ1) is 19.5. The maximum absolute atomic E-state index is 13.3. The number of alkyl halides is 2. The second-order valence-electron chi connectivity index (χ2n) is 8.42. The van der Waals surface area contributed by atoms with Gasteiger partial charge in [0.25, 0.3) is 0 Å². The molecule has 2 aromatic rings. The lowest BCUT2D eigenvalue weighted by molar-refractivity contribution is -0.0435. The van der Waals surface area contributed by atoms with E-state index in [1.54, 1.807) is 0 Å². The second-order valence-corrected chi connectivity index (χ2v) is 10.6. The van der Waals surface area contributed by atoms with Crippen LogP contribution in [0.1, 0.15) is 38.5 Å². The molecule has 2 aromatic heterocycles. The van der Waals surface area contributed by atoms with E-state index in [2.05, 4.69) is 19.9 Å². The van der Waals surface area contributed by atoms with Crippen molar-refractivity contribution in [1.82, 2.24) is 15.0 Å². The lowest BCUT2D eigenvalue weighted by Gasteiger charge is -2.42. The van der Waals surface area contributed by atoms with E-state index < -0.39 is 15.8 Å². The Hall–Kier alpha value is -1.77. The highest BCUT2D eigenvalue weighted by molar-refractivity contribution is 7.91. The van der Waals surface area contributed by atoms with Gasteiger partial charge in [-0.3, -0.25) is 0 Å². The van der Waals surface area contributed by atoms with E-state index in [9.17, 15) is 17.2 Å². The number of H-pyrrole nitrogens is 1. The van der Waals surface area contributed by atoms with Gasteiger partial charge < -0.3 is 9.88 Å². The Kier molecular flexibility index (Phi) is 5.05. The average Bonchev–Trinajstić information content (AvgIpc) is 3.08. The number of rotatable bonds is 6. The number of sulfone groups is 1. The van der Waals surface area contributed by atoms with Crippen LogP contribution in [0.3, 0.4) is 0 Å². The van der Waals surface area contributed by atoms with Crippen LogP contribution in [0.15, 0.2) is 18.6 Å². The first-order valence-corrected chi connectivity index (χ1v) is 11.6. The Bertz CT molecular complexity index is 930. The second kappa shape index (κ2) is 7.24. The molecule has 0 spiro atoms. The number of aromatic amines is 1. The van der Waals surface area contributed by atoms with Crippen LogP contribution in [0, 0.1) is 11.8 Å². The van der Waals surface area contributed by atoms with Gasteiger partial charge in [-0.1, -0.05) is 0 Å². The van der Waals surface area contributed by atoms with E-state index in [4.69, 9.17) is 0 Å². The maximum atomic E-state index is 13.3. The average molecular weight is 413 g/mol. The molecule has 0 unspecified atom stereocenters. The molecular formula is C19H26F2N4O2S. The van der Waals surface area contributed by atoms with Gasteiger partial charge in [0.05, 0.1) is 16.9 Å². The van der Waals surface area contributed by atoms with E-state index >= 15 is 0 Å². The summed E-state index contributed by atoms with van der Waals surface area (Å²) in [5, 5.41) is 0.954. The lowest BCUT2D eigenvalue weighted by Crippen LogP contribution is -2.45. The Morgan fingerprint density at radius 1 is 1.18 bits per heavy atom. The molecule has 28 heavy (non-hydrogen) atoms. The Balaban J connectivity index is 1.30.